The normalized spacial score (nSPS) is 27.3. The second kappa shape index (κ2) is 7.20. The molecule has 0 amide bonds. The first-order chi connectivity index (χ1) is 6.25. The molecule has 1 rings (SSSR count). The van der Waals surface area contributed by atoms with Crippen molar-refractivity contribution in [2.75, 3.05) is 19.7 Å². The zero-order valence-electron chi connectivity index (χ0n) is 8.36. The maximum absolute atomic E-state index is 11.3. The third-order valence-electron chi connectivity index (χ3n) is 2.27. The molecule has 4 nitrogen and oxygen atoms in total. The number of carbonyl (C=O) groups excluding carboxylic acids is 1. The molecule has 0 radical (unpaired) electrons. The van der Waals surface area contributed by atoms with Crippen molar-refractivity contribution >= 4 is 23.0 Å². The Kier molecular flexibility index (Phi) is 7.13. The van der Waals surface area contributed by atoms with Crippen LogP contribution in [-0.2, 0) is 9.53 Å². The molecule has 2 N–H and O–H groups in total. The Morgan fingerprint density at radius 1 is 1.64 bits per heavy atom. The second-order valence-corrected chi connectivity index (χ2v) is 3.27. The summed E-state index contributed by atoms with van der Waals surface area (Å²) >= 11 is 0. The van der Waals surface area contributed by atoms with Gasteiger partial charge in [0.25, 0.3) is 0 Å². The van der Waals surface area contributed by atoms with Crippen LogP contribution in [0.15, 0.2) is 0 Å². The van der Waals surface area contributed by atoms with Gasteiger partial charge in [0.05, 0.1) is 18.6 Å². The largest absolute Gasteiger partial charge is 0.466 e. The molecule has 0 spiro atoms. The molecule has 0 aromatic rings. The number of esters is 1. The SMILES string of the molecule is Br.CCOC(=O)[C@@H]1CNCCC[C@H]1O. The summed E-state index contributed by atoms with van der Waals surface area (Å²) < 4.78 is 4.87. The molecule has 0 aliphatic carbocycles. The summed E-state index contributed by atoms with van der Waals surface area (Å²) in [6.07, 6.45) is 1.04. The fourth-order valence-electron chi connectivity index (χ4n) is 1.52. The third kappa shape index (κ3) is 3.94. The lowest BCUT2D eigenvalue weighted by atomic mass is 10.0. The van der Waals surface area contributed by atoms with Gasteiger partial charge in [0.1, 0.15) is 0 Å². The van der Waals surface area contributed by atoms with Gasteiger partial charge in [-0.05, 0) is 26.3 Å². The van der Waals surface area contributed by atoms with Crippen LogP contribution in [0, 0.1) is 5.92 Å². The predicted octanol–water partition coefficient (Wildman–Crippen LogP) is 0.488. The molecule has 84 valence electrons. The van der Waals surface area contributed by atoms with Crippen LogP contribution in [0.5, 0.6) is 0 Å². The first-order valence-electron chi connectivity index (χ1n) is 4.81. The van der Waals surface area contributed by atoms with Crippen molar-refractivity contribution in [1.29, 1.82) is 0 Å². The van der Waals surface area contributed by atoms with Gasteiger partial charge >= 0.3 is 5.97 Å². The molecular weight excluding hydrogens is 250 g/mol. The highest BCUT2D eigenvalue weighted by Crippen LogP contribution is 2.13. The van der Waals surface area contributed by atoms with Gasteiger partial charge in [-0.1, -0.05) is 0 Å². The molecule has 1 aliphatic heterocycles. The number of aliphatic hydroxyl groups excluding tert-OH is 1. The van der Waals surface area contributed by atoms with Crippen molar-refractivity contribution < 1.29 is 14.6 Å². The van der Waals surface area contributed by atoms with E-state index in [1.165, 1.54) is 0 Å². The number of hydrogen-bond acceptors (Lipinski definition) is 4. The van der Waals surface area contributed by atoms with Crippen LogP contribution in [0.1, 0.15) is 19.8 Å². The molecule has 1 aliphatic rings. The number of hydrogen-bond donors (Lipinski definition) is 2. The minimum atomic E-state index is -0.547. The highest BCUT2D eigenvalue weighted by Gasteiger charge is 2.28. The van der Waals surface area contributed by atoms with Gasteiger partial charge in [0.2, 0.25) is 0 Å². The van der Waals surface area contributed by atoms with Crippen molar-refractivity contribution in [3.05, 3.63) is 0 Å². The average molecular weight is 268 g/mol. The Morgan fingerprint density at radius 3 is 3.00 bits per heavy atom. The van der Waals surface area contributed by atoms with E-state index in [4.69, 9.17) is 4.74 Å². The molecule has 1 heterocycles. The molecule has 0 unspecified atom stereocenters. The minimum Gasteiger partial charge on any atom is -0.466 e. The maximum atomic E-state index is 11.3. The van der Waals surface area contributed by atoms with Crippen LogP contribution in [0.3, 0.4) is 0 Å². The highest BCUT2D eigenvalue weighted by molar-refractivity contribution is 8.93. The van der Waals surface area contributed by atoms with E-state index < -0.39 is 6.10 Å². The van der Waals surface area contributed by atoms with Crippen LogP contribution < -0.4 is 5.32 Å². The van der Waals surface area contributed by atoms with Crippen LogP contribution in [-0.4, -0.2) is 36.9 Å². The summed E-state index contributed by atoms with van der Waals surface area (Å²) in [4.78, 5) is 11.3. The summed E-state index contributed by atoms with van der Waals surface area (Å²) in [5.41, 5.74) is 0. The lowest BCUT2D eigenvalue weighted by Crippen LogP contribution is -2.35. The Balaban J connectivity index is 0.00000169. The van der Waals surface area contributed by atoms with Gasteiger partial charge in [-0.15, -0.1) is 17.0 Å². The smallest absolute Gasteiger partial charge is 0.312 e. The molecule has 14 heavy (non-hydrogen) atoms. The fraction of sp³-hybridized carbons (Fsp3) is 0.889. The van der Waals surface area contributed by atoms with Gasteiger partial charge in [0.15, 0.2) is 0 Å². The van der Waals surface area contributed by atoms with Crippen molar-refractivity contribution in [2.45, 2.75) is 25.9 Å². The van der Waals surface area contributed by atoms with E-state index in [1.54, 1.807) is 6.92 Å². The van der Waals surface area contributed by atoms with Gasteiger partial charge in [-0.3, -0.25) is 4.79 Å². The van der Waals surface area contributed by atoms with E-state index in [-0.39, 0.29) is 28.9 Å². The first-order valence-corrected chi connectivity index (χ1v) is 4.81. The average Bonchev–Trinajstić information content (AvgIpc) is 2.30. The monoisotopic (exact) mass is 267 g/mol. The summed E-state index contributed by atoms with van der Waals surface area (Å²) in [6, 6.07) is 0. The number of rotatable bonds is 2. The number of carbonyl (C=O) groups is 1. The lowest BCUT2D eigenvalue weighted by Gasteiger charge is -2.17. The molecule has 1 fully saturated rings. The van der Waals surface area contributed by atoms with Crippen molar-refractivity contribution in [3.63, 3.8) is 0 Å². The standard InChI is InChI=1S/C9H17NO3.BrH/c1-2-13-9(12)7-6-10-5-3-4-8(7)11;/h7-8,10-11H,2-6H2,1H3;1H/t7-,8-;/m1./s1. The lowest BCUT2D eigenvalue weighted by molar-refractivity contribution is -0.151. The number of aliphatic hydroxyl groups is 1. The molecule has 5 heteroatoms. The topological polar surface area (TPSA) is 58.6 Å². The van der Waals surface area contributed by atoms with Gasteiger partial charge in [-0.2, -0.15) is 0 Å². The first kappa shape index (κ1) is 13.9. The van der Waals surface area contributed by atoms with Gasteiger partial charge in [-0.25, -0.2) is 0 Å². The van der Waals surface area contributed by atoms with E-state index in [0.717, 1.165) is 13.0 Å². The fourth-order valence-corrected chi connectivity index (χ4v) is 1.52. The van der Waals surface area contributed by atoms with E-state index >= 15 is 0 Å². The van der Waals surface area contributed by atoms with Gasteiger partial charge in [0, 0.05) is 6.54 Å². The van der Waals surface area contributed by atoms with E-state index in [9.17, 15) is 9.90 Å². The maximum Gasteiger partial charge on any atom is 0.312 e. The number of nitrogens with one attached hydrogen (secondary N) is 1. The van der Waals surface area contributed by atoms with Gasteiger partial charge < -0.3 is 15.2 Å². The molecule has 0 aromatic carbocycles. The van der Waals surface area contributed by atoms with Crippen molar-refractivity contribution in [3.8, 4) is 0 Å². The van der Waals surface area contributed by atoms with Crippen LogP contribution in [0.4, 0.5) is 0 Å². The van der Waals surface area contributed by atoms with E-state index in [0.29, 0.717) is 19.6 Å². The molecule has 2 atom stereocenters. The molecular formula is C9H18BrNO3. The summed E-state index contributed by atoms with van der Waals surface area (Å²) in [5, 5.41) is 12.7. The highest BCUT2D eigenvalue weighted by atomic mass is 79.9. The third-order valence-corrected chi connectivity index (χ3v) is 2.27. The van der Waals surface area contributed by atoms with Crippen LogP contribution in [0.2, 0.25) is 0 Å². The zero-order valence-corrected chi connectivity index (χ0v) is 10.1. The van der Waals surface area contributed by atoms with Crippen LogP contribution in [0.25, 0.3) is 0 Å². The van der Waals surface area contributed by atoms with Crippen molar-refractivity contribution in [2.24, 2.45) is 5.92 Å². The van der Waals surface area contributed by atoms with Crippen LogP contribution >= 0.6 is 17.0 Å². The van der Waals surface area contributed by atoms with Crippen molar-refractivity contribution in [1.82, 2.24) is 5.32 Å². The Morgan fingerprint density at radius 2 is 2.36 bits per heavy atom. The Labute approximate surface area is 94.8 Å². The summed E-state index contributed by atoms with van der Waals surface area (Å²) in [6.45, 7) is 3.55. The minimum absolute atomic E-state index is 0. The number of ether oxygens (including phenoxy) is 1. The zero-order chi connectivity index (χ0) is 9.68. The Hall–Kier alpha value is -0.130. The number of halogens is 1. The van der Waals surface area contributed by atoms with E-state index in [1.807, 2.05) is 0 Å². The molecule has 0 aromatic heterocycles. The molecule has 1 saturated heterocycles. The molecule has 0 saturated carbocycles. The quantitative estimate of drug-likeness (QED) is 0.715. The molecule has 0 bridgehead atoms. The summed E-state index contributed by atoms with van der Waals surface area (Å²) in [5.74, 6) is -0.674. The van der Waals surface area contributed by atoms with E-state index in [2.05, 4.69) is 5.32 Å². The second-order valence-electron chi connectivity index (χ2n) is 3.27. The Bertz CT molecular complexity index is 177. The predicted molar refractivity (Wildman–Crippen MR) is 58.6 cm³/mol. The summed E-state index contributed by atoms with van der Waals surface area (Å²) in [7, 11) is 0.